The van der Waals surface area contributed by atoms with Gasteiger partial charge in [-0.05, 0) is 13.8 Å². The first-order valence-corrected chi connectivity index (χ1v) is 5.87. The fourth-order valence-corrected chi connectivity index (χ4v) is 1.31. The highest BCUT2D eigenvalue weighted by Gasteiger charge is 2.23. The predicted molar refractivity (Wildman–Crippen MR) is 66.5 cm³/mol. The summed E-state index contributed by atoms with van der Waals surface area (Å²) in [6, 6.07) is 0. The van der Waals surface area contributed by atoms with Crippen molar-refractivity contribution in [3.63, 3.8) is 0 Å². The van der Waals surface area contributed by atoms with Crippen LogP contribution in [0.4, 0.5) is 9.59 Å². The normalized spacial score (nSPS) is 14.1. The number of carbonyl (C=O) groups excluding carboxylic acids is 4. The van der Waals surface area contributed by atoms with E-state index in [-0.39, 0.29) is 24.6 Å². The lowest BCUT2D eigenvalue weighted by molar-refractivity contribution is -0.115. The molecule has 0 aromatic carbocycles. The number of hydrogen-bond donors (Lipinski definition) is 2. The molecular formula is C12H14N2O6. The summed E-state index contributed by atoms with van der Waals surface area (Å²) in [5.41, 5.74) is -0.439. The summed E-state index contributed by atoms with van der Waals surface area (Å²) in [6.45, 7) is 3.46. The van der Waals surface area contributed by atoms with Crippen LogP contribution >= 0.6 is 0 Å². The van der Waals surface area contributed by atoms with Gasteiger partial charge in [-0.1, -0.05) is 0 Å². The molecule has 0 atom stereocenters. The molecule has 0 radical (unpaired) electrons. The van der Waals surface area contributed by atoms with Crippen LogP contribution in [0.2, 0.25) is 0 Å². The molecule has 8 heteroatoms. The number of nitrogens with one attached hydrogen (secondary N) is 2. The van der Waals surface area contributed by atoms with Crippen molar-refractivity contribution in [2.24, 2.45) is 0 Å². The molecule has 1 rings (SSSR count). The van der Waals surface area contributed by atoms with Crippen molar-refractivity contribution in [3.05, 3.63) is 23.5 Å². The van der Waals surface area contributed by atoms with E-state index in [9.17, 15) is 19.2 Å². The topological polar surface area (TPSA) is 111 Å². The van der Waals surface area contributed by atoms with E-state index in [1.165, 1.54) is 0 Å². The fraction of sp³-hybridized carbons (Fsp3) is 0.333. The van der Waals surface area contributed by atoms with Gasteiger partial charge in [0.05, 0.1) is 24.6 Å². The first-order valence-electron chi connectivity index (χ1n) is 5.87. The number of hydrogen-bond acceptors (Lipinski definition) is 6. The molecule has 108 valence electrons. The van der Waals surface area contributed by atoms with Crippen molar-refractivity contribution < 1.29 is 28.7 Å². The Kier molecular flexibility index (Phi) is 5.45. The van der Waals surface area contributed by atoms with Crippen molar-refractivity contribution in [2.45, 2.75) is 13.8 Å². The molecule has 0 heterocycles. The Balaban J connectivity index is 2.71. The zero-order chi connectivity index (χ0) is 15.1. The molecule has 8 nitrogen and oxygen atoms in total. The summed E-state index contributed by atoms with van der Waals surface area (Å²) in [5.74, 6) is -1.27. The first-order chi connectivity index (χ1) is 9.47. The van der Waals surface area contributed by atoms with Gasteiger partial charge >= 0.3 is 12.2 Å². The summed E-state index contributed by atoms with van der Waals surface area (Å²) >= 11 is 0. The Labute approximate surface area is 114 Å². The zero-order valence-electron chi connectivity index (χ0n) is 11.0. The van der Waals surface area contributed by atoms with Crippen LogP contribution < -0.4 is 10.6 Å². The molecule has 0 aliphatic heterocycles. The maximum absolute atomic E-state index is 11.7. The fourth-order valence-electron chi connectivity index (χ4n) is 1.31. The molecule has 0 spiro atoms. The number of allylic oxidation sites excluding steroid dienone is 2. The van der Waals surface area contributed by atoms with Crippen molar-refractivity contribution in [1.29, 1.82) is 0 Å². The molecule has 1 aliphatic rings. The van der Waals surface area contributed by atoms with Gasteiger partial charge in [0.1, 0.15) is 0 Å². The second-order valence-corrected chi connectivity index (χ2v) is 3.54. The van der Waals surface area contributed by atoms with Gasteiger partial charge in [-0.2, -0.15) is 0 Å². The largest absolute Gasteiger partial charge is 0.450 e. The van der Waals surface area contributed by atoms with Gasteiger partial charge in [-0.25, -0.2) is 9.59 Å². The summed E-state index contributed by atoms with van der Waals surface area (Å²) < 4.78 is 9.17. The van der Waals surface area contributed by atoms with Crippen molar-refractivity contribution >= 4 is 23.8 Å². The van der Waals surface area contributed by atoms with Gasteiger partial charge < -0.3 is 9.47 Å². The average Bonchev–Trinajstić information content (AvgIpc) is 2.36. The van der Waals surface area contributed by atoms with Crippen LogP contribution in [0, 0.1) is 0 Å². The van der Waals surface area contributed by atoms with Crippen molar-refractivity contribution in [1.82, 2.24) is 10.6 Å². The van der Waals surface area contributed by atoms with Crippen LogP contribution in [-0.2, 0) is 19.1 Å². The van der Waals surface area contributed by atoms with E-state index >= 15 is 0 Å². The monoisotopic (exact) mass is 282 g/mol. The highest BCUT2D eigenvalue weighted by Crippen LogP contribution is 2.08. The Morgan fingerprint density at radius 3 is 1.55 bits per heavy atom. The quantitative estimate of drug-likeness (QED) is 0.722. The maximum atomic E-state index is 11.7. The SMILES string of the molecule is CCOC(=O)NC1=CC(=O)C(NC(=O)OCC)=CC1=O. The Morgan fingerprint density at radius 1 is 0.900 bits per heavy atom. The van der Waals surface area contributed by atoms with E-state index in [0.29, 0.717) is 0 Å². The van der Waals surface area contributed by atoms with E-state index in [1.54, 1.807) is 13.8 Å². The number of rotatable bonds is 4. The van der Waals surface area contributed by atoms with Crippen LogP contribution in [0.3, 0.4) is 0 Å². The highest BCUT2D eigenvalue weighted by molar-refractivity contribution is 6.21. The third kappa shape index (κ3) is 4.23. The average molecular weight is 282 g/mol. The van der Waals surface area contributed by atoms with E-state index in [2.05, 4.69) is 20.1 Å². The predicted octanol–water partition coefficient (Wildman–Crippen LogP) is 0.398. The summed E-state index contributed by atoms with van der Waals surface area (Å²) in [6.07, 6.45) is 0.131. The molecule has 0 saturated heterocycles. The zero-order valence-corrected chi connectivity index (χ0v) is 11.0. The lowest BCUT2D eigenvalue weighted by atomic mass is 10.1. The molecule has 0 aromatic rings. The van der Waals surface area contributed by atoms with Gasteiger partial charge in [0.25, 0.3) is 0 Å². The molecule has 2 amide bonds. The van der Waals surface area contributed by atoms with Crippen LogP contribution in [0.15, 0.2) is 23.5 Å². The summed E-state index contributed by atoms with van der Waals surface area (Å²) in [4.78, 5) is 45.7. The Hall–Kier alpha value is -2.64. The van der Waals surface area contributed by atoms with Gasteiger partial charge in [-0.15, -0.1) is 0 Å². The molecule has 2 N–H and O–H groups in total. The van der Waals surface area contributed by atoms with Crippen molar-refractivity contribution in [3.8, 4) is 0 Å². The van der Waals surface area contributed by atoms with Gasteiger partial charge in [0, 0.05) is 12.2 Å². The van der Waals surface area contributed by atoms with Gasteiger partial charge in [0.15, 0.2) is 0 Å². The van der Waals surface area contributed by atoms with Crippen LogP contribution in [-0.4, -0.2) is 37.0 Å². The molecule has 1 aliphatic carbocycles. The molecule has 0 bridgehead atoms. The van der Waals surface area contributed by atoms with E-state index in [1.807, 2.05) is 0 Å². The van der Waals surface area contributed by atoms with E-state index in [4.69, 9.17) is 0 Å². The maximum Gasteiger partial charge on any atom is 0.411 e. The minimum absolute atomic E-state index is 0.132. The molecule has 0 unspecified atom stereocenters. The number of ether oxygens (including phenoxy) is 2. The lowest BCUT2D eigenvalue weighted by Gasteiger charge is -2.13. The number of carbonyl (C=O) groups is 4. The van der Waals surface area contributed by atoms with Crippen LogP contribution in [0.5, 0.6) is 0 Å². The van der Waals surface area contributed by atoms with Gasteiger partial charge in [-0.3, -0.25) is 20.2 Å². The molecule has 20 heavy (non-hydrogen) atoms. The standard InChI is InChI=1S/C12H14N2O6/c1-3-19-11(17)13-7-5-10(16)8(6-9(7)15)14-12(18)20-4-2/h5-6H,3-4H2,1-2H3,(H,13,17)(H,14,18). The minimum atomic E-state index is -0.838. The van der Waals surface area contributed by atoms with Gasteiger partial charge in [0.2, 0.25) is 11.6 Å². The Bertz CT molecular complexity index is 460. The van der Waals surface area contributed by atoms with Crippen molar-refractivity contribution in [2.75, 3.05) is 13.2 Å². The van der Waals surface area contributed by atoms with Crippen LogP contribution in [0.25, 0.3) is 0 Å². The molecule has 0 saturated carbocycles. The highest BCUT2D eigenvalue weighted by atomic mass is 16.6. The number of alkyl carbamates (subject to hydrolysis) is 2. The molecular weight excluding hydrogens is 268 g/mol. The van der Waals surface area contributed by atoms with Crippen LogP contribution in [0.1, 0.15) is 13.8 Å². The first kappa shape index (κ1) is 15.4. The third-order valence-corrected chi connectivity index (χ3v) is 2.11. The summed E-state index contributed by atoms with van der Waals surface area (Å²) in [7, 11) is 0. The van der Waals surface area contributed by atoms with E-state index < -0.39 is 23.8 Å². The second-order valence-electron chi connectivity index (χ2n) is 3.54. The Morgan fingerprint density at radius 2 is 1.25 bits per heavy atom. The van der Waals surface area contributed by atoms with E-state index in [0.717, 1.165) is 12.2 Å². The molecule has 0 aromatic heterocycles. The second kappa shape index (κ2) is 7.07. The number of amides is 2. The number of ketones is 2. The smallest absolute Gasteiger partial charge is 0.411 e. The molecule has 0 fully saturated rings. The lowest BCUT2D eigenvalue weighted by Crippen LogP contribution is -2.34. The summed E-state index contributed by atoms with van der Waals surface area (Å²) in [5, 5.41) is 4.28. The minimum Gasteiger partial charge on any atom is -0.450 e. The third-order valence-electron chi connectivity index (χ3n) is 2.11.